The molecular weight excluding hydrogens is 426 g/mol. The topological polar surface area (TPSA) is 71.0 Å². The summed E-state index contributed by atoms with van der Waals surface area (Å²) in [7, 11) is 0. The molecule has 0 radical (unpaired) electrons. The molecule has 4 rings (SSSR count). The number of carbonyl (C=O) groups is 1. The van der Waals surface area contributed by atoms with E-state index in [9.17, 15) is 4.79 Å². The highest BCUT2D eigenvalue weighted by Crippen LogP contribution is 2.34. The van der Waals surface area contributed by atoms with Crippen LogP contribution in [0, 0.1) is 6.92 Å². The van der Waals surface area contributed by atoms with E-state index in [1.807, 2.05) is 25.1 Å². The molecule has 0 spiro atoms. The lowest BCUT2D eigenvalue weighted by Crippen LogP contribution is -2.23. The number of hydrogen-bond acceptors (Lipinski definition) is 7. The van der Waals surface area contributed by atoms with Crippen LogP contribution in [0.1, 0.15) is 31.2 Å². The van der Waals surface area contributed by atoms with Gasteiger partial charge in [-0.2, -0.15) is 4.98 Å². The average Bonchev–Trinajstić information content (AvgIpc) is 2.97. The van der Waals surface area contributed by atoms with Crippen LogP contribution in [0.5, 0.6) is 0 Å². The number of amides is 1. The number of nitrogens with zero attached hydrogens (tertiary/aromatic N) is 4. The Hall–Kier alpha value is -1.90. The second-order valence-corrected chi connectivity index (χ2v) is 9.33. The molecule has 1 aromatic carbocycles. The Labute approximate surface area is 183 Å². The first-order valence-corrected chi connectivity index (χ1v) is 11.8. The fraction of sp³-hybridized carbons (Fsp3) is 0.400. The minimum Gasteiger partial charge on any atom is -0.348 e. The summed E-state index contributed by atoms with van der Waals surface area (Å²) in [5, 5.41) is 5.36. The number of thioether (sulfide) groups is 1. The Morgan fingerprint density at radius 2 is 2.03 bits per heavy atom. The van der Waals surface area contributed by atoms with Gasteiger partial charge in [-0.15, -0.1) is 0 Å². The third-order valence-corrected chi connectivity index (χ3v) is 7.55. The molecule has 0 aliphatic carbocycles. The lowest BCUT2D eigenvalue weighted by Gasteiger charge is -2.18. The highest BCUT2D eigenvalue weighted by molar-refractivity contribution is 8.00. The van der Waals surface area contributed by atoms with Crippen LogP contribution in [0.3, 0.4) is 0 Å². The number of hydrogen-bond donors (Lipinski definition) is 1. The fourth-order valence-electron chi connectivity index (χ4n) is 3.29. The summed E-state index contributed by atoms with van der Waals surface area (Å²) in [6.45, 7) is 3.97. The Bertz CT molecular complexity index is 1020. The van der Waals surface area contributed by atoms with Gasteiger partial charge in [0.1, 0.15) is 16.1 Å². The van der Waals surface area contributed by atoms with Gasteiger partial charge < -0.3 is 10.2 Å². The number of halogens is 1. The molecule has 3 heterocycles. The molecule has 0 unspecified atom stereocenters. The summed E-state index contributed by atoms with van der Waals surface area (Å²) in [5.74, 6) is 0.166. The van der Waals surface area contributed by atoms with Gasteiger partial charge >= 0.3 is 0 Å². The number of fused-ring (bicyclic) bond motifs is 1. The van der Waals surface area contributed by atoms with E-state index in [1.54, 1.807) is 11.3 Å². The summed E-state index contributed by atoms with van der Waals surface area (Å²) >= 11 is 9.16. The van der Waals surface area contributed by atoms with Crippen molar-refractivity contribution >= 4 is 61.8 Å². The van der Waals surface area contributed by atoms with Crippen LogP contribution in [0.15, 0.2) is 29.6 Å². The zero-order chi connectivity index (χ0) is 20.2. The van der Waals surface area contributed by atoms with Crippen molar-refractivity contribution in [3.05, 3.63) is 35.1 Å². The fourth-order valence-corrected chi connectivity index (χ4v) is 5.40. The van der Waals surface area contributed by atoms with Gasteiger partial charge in [-0.25, -0.2) is 9.97 Å². The first-order chi connectivity index (χ1) is 14.1. The van der Waals surface area contributed by atoms with Crippen LogP contribution < -0.4 is 10.2 Å². The molecule has 3 aromatic rings. The molecule has 0 saturated carbocycles. The minimum atomic E-state index is -0.0932. The third kappa shape index (κ3) is 4.82. The zero-order valence-corrected chi connectivity index (χ0v) is 18.5. The Balaban J connectivity index is 1.46. The van der Waals surface area contributed by atoms with Crippen molar-refractivity contribution in [2.75, 3.05) is 29.1 Å². The van der Waals surface area contributed by atoms with E-state index in [0.717, 1.165) is 39.2 Å². The van der Waals surface area contributed by atoms with Crippen LogP contribution in [-0.2, 0) is 4.79 Å². The van der Waals surface area contributed by atoms with E-state index in [0.29, 0.717) is 10.7 Å². The van der Waals surface area contributed by atoms with E-state index in [1.165, 1.54) is 43.8 Å². The molecular formula is C20H22ClN5OS2. The van der Waals surface area contributed by atoms with E-state index >= 15 is 0 Å². The van der Waals surface area contributed by atoms with Crippen molar-refractivity contribution in [2.24, 2.45) is 0 Å². The second-order valence-electron chi connectivity index (χ2n) is 6.98. The number of carbonyl (C=O) groups excluding carboxylic acids is 1. The molecule has 0 atom stereocenters. The number of aromatic nitrogens is 3. The van der Waals surface area contributed by atoms with Crippen molar-refractivity contribution in [1.29, 1.82) is 0 Å². The summed E-state index contributed by atoms with van der Waals surface area (Å²) in [5.41, 5.74) is 2.30. The van der Waals surface area contributed by atoms with E-state index in [-0.39, 0.29) is 11.7 Å². The lowest BCUT2D eigenvalue weighted by molar-refractivity contribution is -0.113. The largest absolute Gasteiger partial charge is 0.348 e. The van der Waals surface area contributed by atoms with Gasteiger partial charge in [-0.05, 0) is 37.5 Å². The van der Waals surface area contributed by atoms with Gasteiger partial charge in [0.05, 0.1) is 5.75 Å². The summed E-state index contributed by atoms with van der Waals surface area (Å²) in [6.07, 6.45) is 6.49. The summed E-state index contributed by atoms with van der Waals surface area (Å²) < 4.78 is 0.948. The minimum absolute atomic E-state index is 0.0932. The third-order valence-electron chi connectivity index (χ3n) is 4.91. The maximum Gasteiger partial charge on any atom is 0.234 e. The summed E-state index contributed by atoms with van der Waals surface area (Å²) in [4.78, 5) is 28.2. The molecule has 2 aromatic heterocycles. The highest BCUT2D eigenvalue weighted by atomic mass is 35.5. The van der Waals surface area contributed by atoms with Gasteiger partial charge in [0.25, 0.3) is 0 Å². The van der Waals surface area contributed by atoms with E-state index < -0.39 is 0 Å². The van der Waals surface area contributed by atoms with Crippen molar-refractivity contribution in [1.82, 2.24) is 15.0 Å². The van der Waals surface area contributed by atoms with Crippen LogP contribution in [-0.4, -0.2) is 39.7 Å². The standard InChI is InChI=1S/C20H22ClN5OS2/c1-13-14(21)7-6-8-15(13)24-16(27)11-28-19-17-18(22-12-23-19)25-20(29-17)26-9-4-2-3-5-10-26/h6-8,12H,2-5,9-11H2,1H3,(H,24,27). The average molecular weight is 448 g/mol. The molecule has 9 heteroatoms. The first kappa shape index (κ1) is 20.4. The second kappa shape index (κ2) is 9.28. The summed E-state index contributed by atoms with van der Waals surface area (Å²) in [6, 6.07) is 5.49. The van der Waals surface area contributed by atoms with Crippen molar-refractivity contribution < 1.29 is 4.79 Å². The molecule has 1 saturated heterocycles. The number of rotatable bonds is 5. The quantitative estimate of drug-likeness (QED) is 0.430. The molecule has 1 aliphatic rings. The van der Waals surface area contributed by atoms with Crippen molar-refractivity contribution in [3.8, 4) is 0 Å². The molecule has 0 bridgehead atoms. The predicted octanol–water partition coefficient (Wildman–Crippen LogP) is 5.16. The number of anilines is 2. The number of thiazole rings is 1. The maximum atomic E-state index is 12.4. The van der Waals surface area contributed by atoms with Crippen LogP contribution in [0.25, 0.3) is 10.3 Å². The smallest absolute Gasteiger partial charge is 0.234 e. The Kier molecular flexibility index (Phi) is 6.52. The van der Waals surface area contributed by atoms with Gasteiger partial charge in [-0.3, -0.25) is 4.79 Å². The van der Waals surface area contributed by atoms with Gasteiger partial charge in [0.2, 0.25) is 5.91 Å². The zero-order valence-electron chi connectivity index (χ0n) is 16.2. The molecule has 152 valence electrons. The molecule has 1 fully saturated rings. The van der Waals surface area contributed by atoms with Crippen LogP contribution >= 0.6 is 34.7 Å². The normalized spacial score (nSPS) is 14.8. The molecule has 1 amide bonds. The van der Waals surface area contributed by atoms with Crippen molar-refractivity contribution in [3.63, 3.8) is 0 Å². The van der Waals surface area contributed by atoms with E-state index in [2.05, 4.69) is 20.2 Å². The monoisotopic (exact) mass is 447 g/mol. The highest BCUT2D eigenvalue weighted by Gasteiger charge is 2.18. The molecule has 29 heavy (non-hydrogen) atoms. The molecule has 1 N–H and O–H groups in total. The Morgan fingerprint density at radius 3 is 2.83 bits per heavy atom. The van der Waals surface area contributed by atoms with E-state index in [4.69, 9.17) is 16.6 Å². The van der Waals surface area contributed by atoms with Gasteiger partial charge in [-0.1, -0.05) is 53.6 Å². The number of nitrogens with one attached hydrogen (secondary N) is 1. The lowest BCUT2D eigenvalue weighted by atomic mass is 10.2. The molecule has 1 aliphatic heterocycles. The predicted molar refractivity (Wildman–Crippen MR) is 121 cm³/mol. The van der Waals surface area contributed by atoms with Gasteiger partial charge in [0, 0.05) is 23.8 Å². The van der Waals surface area contributed by atoms with Crippen molar-refractivity contribution in [2.45, 2.75) is 37.6 Å². The first-order valence-electron chi connectivity index (χ1n) is 9.66. The van der Waals surface area contributed by atoms with Crippen LogP contribution in [0.4, 0.5) is 10.8 Å². The maximum absolute atomic E-state index is 12.4. The SMILES string of the molecule is Cc1c(Cl)cccc1NC(=O)CSc1ncnc2nc(N3CCCCCC3)sc12. The van der Waals surface area contributed by atoms with Gasteiger partial charge in [0.15, 0.2) is 10.8 Å². The molecule has 6 nitrogen and oxygen atoms in total. The number of benzene rings is 1. The Morgan fingerprint density at radius 1 is 1.24 bits per heavy atom. The van der Waals surface area contributed by atoms with Crippen LogP contribution in [0.2, 0.25) is 5.02 Å².